The Morgan fingerprint density at radius 2 is 2.06 bits per heavy atom. The molecule has 1 fully saturated rings. The molecular weight excluding hydrogens is 226 g/mol. The molecule has 1 aliphatic heterocycles. The van der Waals surface area contributed by atoms with Crippen LogP contribution >= 0.6 is 0 Å². The average Bonchev–Trinajstić information content (AvgIpc) is 2.86. The van der Waals surface area contributed by atoms with Crippen molar-refractivity contribution in [3.63, 3.8) is 0 Å². The maximum atomic E-state index is 12.2. The molecule has 1 saturated heterocycles. The summed E-state index contributed by atoms with van der Waals surface area (Å²) >= 11 is 0. The molecule has 0 bridgehead atoms. The summed E-state index contributed by atoms with van der Waals surface area (Å²) in [4.78, 5) is 16.6. The summed E-state index contributed by atoms with van der Waals surface area (Å²) in [7, 11) is 0. The second-order valence-electron chi connectivity index (χ2n) is 5.20. The van der Waals surface area contributed by atoms with E-state index in [1.165, 1.54) is 0 Å². The van der Waals surface area contributed by atoms with Crippen LogP contribution in [-0.4, -0.2) is 54.0 Å². The highest BCUT2D eigenvalue weighted by molar-refractivity contribution is 5.81. The van der Waals surface area contributed by atoms with Crippen LogP contribution in [0.5, 0.6) is 0 Å². The average molecular weight is 255 g/mol. The summed E-state index contributed by atoms with van der Waals surface area (Å²) in [5.74, 6) is 0.151. The molecule has 2 atom stereocenters. The van der Waals surface area contributed by atoms with Crippen molar-refractivity contribution < 1.29 is 4.79 Å². The van der Waals surface area contributed by atoms with Crippen molar-refractivity contribution >= 4 is 5.91 Å². The van der Waals surface area contributed by atoms with E-state index in [1.54, 1.807) is 0 Å². The van der Waals surface area contributed by atoms with Gasteiger partial charge in [-0.05, 0) is 25.9 Å². The van der Waals surface area contributed by atoms with Gasteiger partial charge in [-0.1, -0.05) is 33.6 Å². The molecular formula is C14H29N3O. The van der Waals surface area contributed by atoms with Gasteiger partial charge in [0.2, 0.25) is 5.91 Å². The Labute approximate surface area is 111 Å². The second kappa shape index (κ2) is 7.74. The zero-order valence-corrected chi connectivity index (χ0v) is 12.2. The largest absolute Gasteiger partial charge is 0.340 e. The van der Waals surface area contributed by atoms with Gasteiger partial charge in [-0.2, -0.15) is 0 Å². The highest BCUT2D eigenvalue weighted by Gasteiger charge is 2.31. The van der Waals surface area contributed by atoms with Gasteiger partial charge in [0.25, 0.3) is 0 Å². The molecule has 2 N–H and O–H groups in total. The molecule has 1 amide bonds. The summed E-state index contributed by atoms with van der Waals surface area (Å²) in [6.07, 6.45) is 4.05. The quantitative estimate of drug-likeness (QED) is 0.749. The normalized spacial score (nSPS) is 21.6. The molecule has 0 aromatic heterocycles. The lowest BCUT2D eigenvalue weighted by Gasteiger charge is -2.26. The minimum absolute atomic E-state index is 0.151. The maximum Gasteiger partial charge on any atom is 0.239 e. The van der Waals surface area contributed by atoms with Crippen LogP contribution in [0.25, 0.3) is 0 Å². The topological polar surface area (TPSA) is 49.6 Å². The highest BCUT2D eigenvalue weighted by Crippen LogP contribution is 2.16. The van der Waals surface area contributed by atoms with Crippen LogP contribution in [0.4, 0.5) is 0 Å². The summed E-state index contributed by atoms with van der Waals surface area (Å²) in [6.45, 7) is 10.3. The fourth-order valence-electron chi connectivity index (χ4n) is 2.76. The Kier molecular flexibility index (Phi) is 6.65. The Balaban J connectivity index is 2.43. The van der Waals surface area contributed by atoms with Crippen LogP contribution in [0.15, 0.2) is 0 Å². The minimum atomic E-state index is -0.291. The first-order valence-electron chi connectivity index (χ1n) is 7.42. The van der Waals surface area contributed by atoms with Crippen molar-refractivity contribution in [2.45, 2.75) is 58.5 Å². The van der Waals surface area contributed by atoms with Gasteiger partial charge in [0.1, 0.15) is 0 Å². The number of hydrogen-bond acceptors (Lipinski definition) is 3. The standard InChI is InChI=1S/C14H29N3O/c1-4-7-8-13(15)14(18)17-10-9-12(11-17)16(5-2)6-3/h12-13H,4-11,15H2,1-3H3. The molecule has 0 aromatic carbocycles. The third-order valence-electron chi connectivity index (χ3n) is 3.99. The van der Waals surface area contributed by atoms with E-state index >= 15 is 0 Å². The zero-order valence-electron chi connectivity index (χ0n) is 12.2. The molecule has 2 unspecified atom stereocenters. The molecule has 0 saturated carbocycles. The van der Waals surface area contributed by atoms with E-state index in [9.17, 15) is 4.79 Å². The number of unbranched alkanes of at least 4 members (excludes halogenated alkanes) is 1. The Morgan fingerprint density at radius 1 is 1.39 bits per heavy atom. The number of likely N-dealkylation sites (N-methyl/N-ethyl adjacent to an activating group) is 1. The summed E-state index contributed by atoms with van der Waals surface area (Å²) in [5.41, 5.74) is 5.96. The van der Waals surface area contributed by atoms with Gasteiger partial charge in [-0.15, -0.1) is 0 Å². The monoisotopic (exact) mass is 255 g/mol. The predicted octanol–water partition coefficient (Wildman–Crippen LogP) is 1.45. The van der Waals surface area contributed by atoms with Gasteiger partial charge in [0, 0.05) is 19.1 Å². The Morgan fingerprint density at radius 3 is 2.61 bits per heavy atom. The smallest absolute Gasteiger partial charge is 0.239 e. The molecule has 4 heteroatoms. The summed E-state index contributed by atoms with van der Waals surface area (Å²) in [5, 5.41) is 0. The molecule has 4 nitrogen and oxygen atoms in total. The molecule has 18 heavy (non-hydrogen) atoms. The zero-order chi connectivity index (χ0) is 13.5. The van der Waals surface area contributed by atoms with Crippen molar-refractivity contribution in [3.8, 4) is 0 Å². The molecule has 1 rings (SSSR count). The SMILES string of the molecule is CCCCC(N)C(=O)N1CCC(N(CC)CC)C1. The van der Waals surface area contributed by atoms with E-state index in [0.717, 1.165) is 51.9 Å². The molecule has 1 heterocycles. The number of likely N-dealkylation sites (tertiary alicyclic amines) is 1. The van der Waals surface area contributed by atoms with E-state index in [1.807, 2.05) is 4.90 Å². The highest BCUT2D eigenvalue weighted by atomic mass is 16.2. The first-order valence-corrected chi connectivity index (χ1v) is 7.42. The molecule has 0 spiro atoms. The Hall–Kier alpha value is -0.610. The van der Waals surface area contributed by atoms with Crippen molar-refractivity contribution in [2.24, 2.45) is 5.73 Å². The van der Waals surface area contributed by atoms with Crippen molar-refractivity contribution in [3.05, 3.63) is 0 Å². The van der Waals surface area contributed by atoms with Crippen LogP contribution in [0, 0.1) is 0 Å². The van der Waals surface area contributed by atoms with Crippen LogP contribution in [-0.2, 0) is 4.79 Å². The van der Waals surface area contributed by atoms with Crippen molar-refractivity contribution in [1.82, 2.24) is 9.80 Å². The van der Waals surface area contributed by atoms with E-state index in [-0.39, 0.29) is 11.9 Å². The number of nitrogens with two attached hydrogens (primary N) is 1. The third kappa shape index (κ3) is 3.95. The lowest BCUT2D eigenvalue weighted by Crippen LogP contribution is -2.44. The summed E-state index contributed by atoms with van der Waals surface area (Å²) in [6, 6.07) is 0.239. The predicted molar refractivity (Wildman–Crippen MR) is 75.4 cm³/mol. The number of hydrogen-bond donors (Lipinski definition) is 1. The van der Waals surface area contributed by atoms with Crippen molar-refractivity contribution in [2.75, 3.05) is 26.2 Å². The lowest BCUT2D eigenvalue weighted by atomic mass is 10.1. The summed E-state index contributed by atoms with van der Waals surface area (Å²) < 4.78 is 0. The number of amides is 1. The number of nitrogens with zero attached hydrogens (tertiary/aromatic N) is 2. The van der Waals surface area contributed by atoms with Crippen LogP contribution in [0.1, 0.15) is 46.5 Å². The lowest BCUT2D eigenvalue weighted by molar-refractivity contribution is -0.131. The third-order valence-corrected chi connectivity index (χ3v) is 3.99. The molecule has 1 aliphatic rings. The van der Waals surface area contributed by atoms with Crippen molar-refractivity contribution in [1.29, 1.82) is 0 Å². The fourth-order valence-corrected chi connectivity index (χ4v) is 2.76. The van der Waals surface area contributed by atoms with E-state index in [2.05, 4.69) is 25.7 Å². The first-order chi connectivity index (χ1) is 8.63. The van der Waals surface area contributed by atoms with Crippen LogP contribution in [0.2, 0.25) is 0 Å². The van der Waals surface area contributed by atoms with Gasteiger partial charge in [0.15, 0.2) is 0 Å². The van der Waals surface area contributed by atoms with Gasteiger partial charge in [0.05, 0.1) is 6.04 Å². The van der Waals surface area contributed by atoms with E-state index in [4.69, 9.17) is 5.73 Å². The number of carbonyl (C=O) groups is 1. The van der Waals surface area contributed by atoms with Gasteiger partial charge in [-0.25, -0.2) is 0 Å². The molecule has 0 aromatic rings. The first kappa shape index (κ1) is 15.4. The van der Waals surface area contributed by atoms with Gasteiger partial charge < -0.3 is 10.6 Å². The number of carbonyl (C=O) groups excluding carboxylic acids is 1. The van der Waals surface area contributed by atoms with Gasteiger partial charge in [-0.3, -0.25) is 9.69 Å². The fraction of sp³-hybridized carbons (Fsp3) is 0.929. The van der Waals surface area contributed by atoms with Gasteiger partial charge >= 0.3 is 0 Å². The maximum absolute atomic E-state index is 12.2. The molecule has 0 radical (unpaired) electrons. The molecule has 106 valence electrons. The van der Waals surface area contributed by atoms with E-state index in [0.29, 0.717) is 6.04 Å². The number of rotatable bonds is 7. The second-order valence-corrected chi connectivity index (χ2v) is 5.20. The van der Waals surface area contributed by atoms with E-state index < -0.39 is 0 Å². The van der Waals surface area contributed by atoms with Crippen LogP contribution in [0.3, 0.4) is 0 Å². The minimum Gasteiger partial charge on any atom is -0.340 e. The Bertz CT molecular complexity index is 253. The van der Waals surface area contributed by atoms with Crippen LogP contribution < -0.4 is 5.73 Å². The molecule has 0 aliphatic carbocycles.